The number of nitrogens with zero attached hydrogens (tertiary/aromatic N) is 3. The van der Waals surface area contributed by atoms with Gasteiger partial charge in [0.1, 0.15) is 18.2 Å². The zero-order valence-electron chi connectivity index (χ0n) is 12.8. The van der Waals surface area contributed by atoms with Gasteiger partial charge in [0.15, 0.2) is 5.82 Å². The minimum Gasteiger partial charge on any atom is -0.388 e. The molecule has 0 radical (unpaired) electrons. The monoisotopic (exact) mass is 295 g/mol. The molecule has 2 rings (SSSR count). The van der Waals surface area contributed by atoms with Gasteiger partial charge in [0, 0.05) is 26.3 Å². The highest BCUT2D eigenvalue weighted by molar-refractivity contribution is 5.48. The van der Waals surface area contributed by atoms with Crippen LogP contribution in [0.25, 0.3) is 0 Å². The molecule has 0 atom stereocenters. The van der Waals surface area contributed by atoms with Gasteiger partial charge in [0.25, 0.3) is 0 Å². The smallest absolute Gasteiger partial charge is 0.158 e. The first kappa shape index (κ1) is 15.9. The Kier molecular flexibility index (Phi) is 5.33. The molecule has 1 aliphatic rings. The number of rotatable bonds is 7. The fourth-order valence-corrected chi connectivity index (χ4v) is 2.72. The van der Waals surface area contributed by atoms with Crippen molar-refractivity contribution in [1.29, 1.82) is 0 Å². The lowest BCUT2D eigenvalue weighted by atomic mass is 10.0. The molecule has 0 bridgehead atoms. The SMILES string of the molecule is CCOCc1nc(NN)cc(N(C)CC2(O)CCCC2)n1. The first-order valence-corrected chi connectivity index (χ1v) is 7.42. The molecular weight excluding hydrogens is 270 g/mol. The van der Waals surface area contributed by atoms with E-state index in [1.165, 1.54) is 0 Å². The number of nitrogens with one attached hydrogen (secondary N) is 1. The van der Waals surface area contributed by atoms with E-state index in [0.717, 1.165) is 31.5 Å². The topological polar surface area (TPSA) is 96.5 Å². The molecule has 7 nitrogen and oxygen atoms in total. The van der Waals surface area contributed by atoms with E-state index in [-0.39, 0.29) is 0 Å². The predicted molar refractivity (Wildman–Crippen MR) is 81.9 cm³/mol. The van der Waals surface area contributed by atoms with E-state index in [2.05, 4.69) is 15.4 Å². The minimum absolute atomic E-state index is 0.344. The summed E-state index contributed by atoms with van der Waals surface area (Å²) in [7, 11) is 1.92. The molecule has 0 saturated heterocycles. The van der Waals surface area contributed by atoms with E-state index in [1.54, 1.807) is 6.07 Å². The lowest BCUT2D eigenvalue weighted by Gasteiger charge is -2.29. The Hall–Kier alpha value is -1.44. The minimum atomic E-state index is -0.615. The quantitative estimate of drug-likeness (QED) is 0.511. The lowest BCUT2D eigenvalue weighted by molar-refractivity contribution is 0.0557. The Bertz CT molecular complexity index is 463. The zero-order chi connectivity index (χ0) is 15.3. The number of hydrogen-bond acceptors (Lipinski definition) is 7. The van der Waals surface area contributed by atoms with Gasteiger partial charge < -0.3 is 20.2 Å². The van der Waals surface area contributed by atoms with Crippen molar-refractivity contribution in [3.05, 3.63) is 11.9 Å². The molecule has 1 saturated carbocycles. The van der Waals surface area contributed by atoms with Crippen LogP contribution in [0, 0.1) is 0 Å². The summed E-state index contributed by atoms with van der Waals surface area (Å²) in [6.07, 6.45) is 3.85. The van der Waals surface area contributed by atoms with E-state index in [9.17, 15) is 5.11 Å². The van der Waals surface area contributed by atoms with Gasteiger partial charge in [0.2, 0.25) is 0 Å². The molecule has 1 aromatic rings. The van der Waals surface area contributed by atoms with E-state index < -0.39 is 5.60 Å². The fourth-order valence-electron chi connectivity index (χ4n) is 2.72. The zero-order valence-corrected chi connectivity index (χ0v) is 12.8. The van der Waals surface area contributed by atoms with Crippen molar-refractivity contribution in [3.63, 3.8) is 0 Å². The largest absolute Gasteiger partial charge is 0.388 e. The summed E-state index contributed by atoms with van der Waals surface area (Å²) in [5.41, 5.74) is 1.93. The van der Waals surface area contributed by atoms with Crippen molar-refractivity contribution in [2.75, 3.05) is 30.5 Å². The second-order valence-corrected chi connectivity index (χ2v) is 5.60. The number of ether oxygens (including phenoxy) is 1. The second kappa shape index (κ2) is 7.02. The Morgan fingerprint density at radius 1 is 1.43 bits per heavy atom. The maximum atomic E-state index is 10.5. The Morgan fingerprint density at radius 3 is 2.76 bits per heavy atom. The van der Waals surface area contributed by atoms with E-state index in [1.807, 2.05) is 18.9 Å². The molecule has 4 N–H and O–H groups in total. The molecule has 21 heavy (non-hydrogen) atoms. The fraction of sp³-hybridized carbons (Fsp3) is 0.714. The van der Waals surface area contributed by atoms with Crippen LogP contribution < -0.4 is 16.2 Å². The molecule has 0 unspecified atom stereocenters. The van der Waals surface area contributed by atoms with Gasteiger partial charge in [-0.15, -0.1) is 0 Å². The van der Waals surface area contributed by atoms with Gasteiger partial charge in [-0.2, -0.15) is 0 Å². The second-order valence-electron chi connectivity index (χ2n) is 5.60. The number of hydrazine groups is 1. The number of hydrogen-bond donors (Lipinski definition) is 3. The van der Waals surface area contributed by atoms with Crippen LogP contribution in [0.15, 0.2) is 6.07 Å². The van der Waals surface area contributed by atoms with Crippen LogP contribution in [0.4, 0.5) is 11.6 Å². The van der Waals surface area contributed by atoms with Crippen molar-refractivity contribution < 1.29 is 9.84 Å². The molecule has 118 valence electrons. The molecule has 0 aliphatic heterocycles. The third-order valence-electron chi connectivity index (χ3n) is 3.80. The maximum Gasteiger partial charge on any atom is 0.158 e. The highest BCUT2D eigenvalue weighted by atomic mass is 16.5. The third-order valence-corrected chi connectivity index (χ3v) is 3.80. The van der Waals surface area contributed by atoms with Crippen LogP contribution in [0.1, 0.15) is 38.4 Å². The predicted octanol–water partition coefficient (Wildman–Crippen LogP) is 1.04. The van der Waals surface area contributed by atoms with Crippen molar-refractivity contribution >= 4 is 11.6 Å². The number of nitrogen functional groups attached to an aromatic ring is 1. The highest BCUT2D eigenvalue weighted by Gasteiger charge is 2.32. The van der Waals surface area contributed by atoms with Gasteiger partial charge in [-0.1, -0.05) is 12.8 Å². The van der Waals surface area contributed by atoms with Gasteiger partial charge in [0.05, 0.1) is 5.60 Å². The van der Waals surface area contributed by atoms with Crippen molar-refractivity contribution in [1.82, 2.24) is 9.97 Å². The number of aliphatic hydroxyl groups is 1. The first-order chi connectivity index (χ1) is 10.1. The third kappa shape index (κ3) is 4.26. The molecule has 1 fully saturated rings. The van der Waals surface area contributed by atoms with Crippen LogP contribution in [-0.2, 0) is 11.3 Å². The van der Waals surface area contributed by atoms with Gasteiger partial charge in [-0.3, -0.25) is 0 Å². The molecule has 0 spiro atoms. The average Bonchev–Trinajstić information content (AvgIpc) is 2.91. The molecule has 1 aliphatic carbocycles. The van der Waals surface area contributed by atoms with Crippen LogP contribution in [0.2, 0.25) is 0 Å². The van der Waals surface area contributed by atoms with E-state index in [4.69, 9.17) is 10.6 Å². The molecule has 7 heteroatoms. The molecular formula is C14H25N5O2. The van der Waals surface area contributed by atoms with Crippen molar-refractivity contribution in [2.24, 2.45) is 5.84 Å². The van der Waals surface area contributed by atoms with E-state index >= 15 is 0 Å². The summed E-state index contributed by atoms with van der Waals surface area (Å²) in [5.74, 6) is 7.30. The summed E-state index contributed by atoms with van der Waals surface area (Å²) in [5, 5.41) is 10.5. The van der Waals surface area contributed by atoms with Crippen molar-refractivity contribution in [3.8, 4) is 0 Å². The number of aromatic nitrogens is 2. The highest BCUT2D eigenvalue weighted by Crippen LogP contribution is 2.31. The van der Waals surface area contributed by atoms with E-state index in [0.29, 0.717) is 31.4 Å². The summed E-state index contributed by atoms with van der Waals surface area (Å²) >= 11 is 0. The Morgan fingerprint density at radius 2 is 2.14 bits per heavy atom. The number of nitrogens with two attached hydrogens (primary N) is 1. The van der Waals surface area contributed by atoms with Gasteiger partial charge in [-0.05, 0) is 19.8 Å². The van der Waals surface area contributed by atoms with Crippen LogP contribution in [0.3, 0.4) is 0 Å². The summed E-state index contributed by atoms with van der Waals surface area (Å²) < 4.78 is 5.35. The Labute approximate surface area is 125 Å². The molecule has 0 aromatic carbocycles. The molecule has 1 aromatic heterocycles. The van der Waals surface area contributed by atoms with Crippen LogP contribution in [0.5, 0.6) is 0 Å². The first-order valence-electron chi connectivity index (χ1n) is 7.42. The number of anilines is 2. The van der Waals surface area contributed by atoms with Crippen molar-refractivity contribution in [2.45, 2.75) is 44.8 Å². The van der Waals surface area contributed by atoms with Crippen LogP contribution in [-0.4, -0.2) is 40.9 Å². The lowest BCUT2D eigenvalue weighted by Crippen LogP contribution is -2.39. The summed E-state index contributed by atoms with van der Waals surface area (Å²) in [4.78, 5) is 10.7. The summed E-state index contributed by atoms with van der Waals surface area (Å²) in [6.45, 7) is 3.43. The Balaban J connectivity index is 2.12. The van der Waals surface area contributed by atoms with Gasteiger partial charge >= 0.3 is 0 Å². The maximum absolute atomic E-state index is 10.5. The summed E-state index contributed by atoms with van der Waals surface area (Å²) in [6, 6.07) is 1.77. The number of likely N-dealkylation sites (N-methyl/N-ethyl adjacent to an activating group) is 1. The average molecular weight is 295 g/mol. The normalized spacial score (nSPS) is 17.0. The van der Waals surface area contributed by atoms with Crippen LogP contribution >= 0.6 is 0 Å². The standard InChI is InChI=1S/C14H25N5O2/c1-3-21-9-12-16-11(18-15)8-13(17-12)19(2)10-14(20)6-4-5-7-14/h8,20H,3-7,9-10,15H2,1-2H3,(H,16,17,18). The molecule has 0 amide bonds. The molecule has 1 heterocycles. The van der Waals surface area contributed by atoms with Gasteiger partial charge in [-0.25, -0.2) is 15.8 Å².